The van der Waals surface area contributed by atoms with Crippen molar-refractivity contribution in [2.75, 3.05) is 13.2 Å². The summed E-state index contributed by atoms with van der Waals surface area (Å²) < 4.78 is 5.42. The molecule has 1 aliphatic carbocycles. The molecule has 0 radical (unpaired) electrons. The van der Waals surface area contributed by atoms with Crippen LogP contribution in [0.5, 0.6) is 0 Å². The topological polar surface area (TPSA) is 64.3 Å². The molecule has 1 aliphatic rings. The maximum Gasteiger partial charge on any atom is 0.227 e. The summed E-state index contributed by atoms with van der Waals surface area (Å²) in [5, 5.41) is 2.97. The number of hydrogen-bond donors (Lipinski definition) is 2. The molecule has 1 saturated carbocycles. The lowest BCUT2D eigenvalue weighted by Gasteiger charge is -2.27. The van der Waals surface area contributed by atoms with E-state index in [0.29, 0.717) is 13.2 Å². The average Bonchev–Trinajstić information content (AvgIpc) is 2.59. The summed E-state index contributed by atoms with van der Waals surface area (Å²) in [6.45, 7) is 7.37. The highest BCUT2D eigenvalue weighted by molar-refractivity contribution is 5.83. The van der Waals surface area contributed by atoms with Crippen molar-refractivity contribution < 1.29 is 9.53 Å². The molecule has 4 heteroatoms. The zero-order chi connectivity index (χ0) is 12.9. The molecule has 0 spiro atoms. The van der Waals surface area contributed by atoms with Crippen LogP contribution in [0.2, 0.25) is 0 Å². The van der Waals surface area contributed by atoms with Crippen molar-refractivity contribution in [1.82, 2.24) is 5.32 Å². The maximum absolute atomic E-state index is 12.0. The van der Waals surface area contributed by atoms with Crippen LogP contribution in [-0.4, -0.2) is 31.2 Å². The van der Waals surface area contributed by atoms with E-state index in [1.165, 1.54) is 0 Å². The van der Waals surface area contributed by atoms with Gasteiger partial charge in [0, 0.05) is 19.2 Å². The van der Waals surface area contributed by atoms with Gasteiger partial charge in [-0.1, -0.05) is 6.42 Å². The number of carbonyl (C=O) groups is 1. The minimum Gasteiger partial charge on any atom is -0.379 e. The highest BCUT2D eigenvalue weighted by Crippen LogP contribution is 2.36. The first-order valence-electron chi connectivity index (χ1n) is 6.62. The van der Waals surface area contributed by atoms with Crippen LogP contribution in [0.25, 0.3) is 0 Å². The fourth-order valence-electron chi connectivity index (χ4n) is 2.27. The monoisotopic (exact) mass is 242 g/mol. The van der Waals surface area contributed by atoms with Crippen molar-refractivity contribution in [2.45, 2.75) is 58.6 Å². The molecule has 100 valence electrons. The maximum atomic E-state index is 12.0. The summed E-state index contributed by atoms with van der Waals surface area (Å²) in [5.74, 6) is 0.104. The first-order valence-corrected chi connectivity index (χ1v) is 6.62. The van der Waals surface area contributed by atoms with Crippen molar-refractivity contribution in [3.05, 3.63) is 0 Å². The quantitative estimate of drug-likeness (QED) is 0.693. The molecule has 0 aromatic heterocycles. The van der Waals surface area contributed by atoms with E-state index >= 15 is 0 Å². The molecule has 17 heavy (non-hydrogen) atoms. The van der Waals surface area contributed by atoms with Gasteiger partial charge in [0.2, 0.25) is 5.91 Å². The van der Waals surface area contributed by atoms with E-state index in [4.69, 9.17) is 10.5 Å². The summed E-state index contributed by atoms with van der Waals surface area (Å²) in [7, 11) is 0. The Bertz CT molecular complexity index is 256. The van der Waals surface area contributed by atoms with Gasteiger partial charge in [0.1, 0.15) is 0 Å². The third-order valence-corrected chi connectivity index (χ3v) is 3.61. The molecule has 3 N–H and O–H groups in total. The molecule has 0 saturated heterocycles. The van der Waals surface area contributed by atoms with Crippen LogP contribution in [-0.2, 0) is 9.53 Å². The van der Waals surface area contributed by atoms with Crippen molar-refractivity contribution in [3.63, 3.8) is 0 Å². The Morgan fingerprint density at radius 2 is 2.29 bits per heavy atom. The normalized spacial score (nSPS) is 28.6. The fourth-order valence-corrected chi connectivity index (χ4v) is 2.27. The Balaban J connectivity index is 2.21. The minimum absolute atomic E-state index is 0.00872. The van der Waals surface area contributed by atoms with Crippen LogP contribution < -0.4 is 11.1 Å². The van der Waals surface area contributed by atoms with Crippen LogP contribution in [0.4, 0.5) is 0 Å². The summed E-state index contributed by atoms with van der Waals surface area (Å²) in [6.07, 6.45) is 4.03. The van der Waals surface area contributed by atoms with E-state index in [2.05, 4.69) is 5.32 Å². The van der Waals surface area contributed by atoms with Crippen LogP contribution in [0.15, 0.2) is 0 Å². The summed E-state index contributed by atoms with van der Waals surface area (Å²) in [4.78, 5) is 12.0. The van der Waals surface area contributed by atoms with Crippen LogP contribution >= 0.6 is 0 Å². The summed E-state index contributed by atoms with van der Waals surface area (Å²) in [5.41, 5.74) is 5.64. The van der Waals surface area contributed by atoms with E-state index < -0.39 is 0 Å². The molecular weight excluding hydrogens is 216 g/mol. The van der Waals surface area contributed by atoms with Crippen LogP contribution in [0.1, 0.15) is 46.5 Å². The van der Waals surface area contributed by atoms with Gasteiger partial charge < -0.3 is 15.8 Å². The number of hydrogen-bond acceptors (Lipinski definition) is 3. The third-order valence-electron chi connectivity index (χ3n) is 3.61. The number of nitrogens with two attached hydrogens (primary N) is 1. The highest BCUT2D eigenvalue weighted by Gasteiger charge is 2.42. The number of ether oxygens (including phenoxy) is 1. The summed E-state index contributed by atoms with van der Waals surface area (Å²) in [6, 6.07) is 0.00872. The smallest absolute Gasteiger partial charge is 0.227 e. The lowest BCUT2D eigenvalue weighted by molar-refractivity contribution is -0.130. The Hall–Kier alpha value is -0.610. The molecule has 0 bridgehead atoms. The van der Waals surface area contributed by atoms with Crippen molar-refractivity contribution >= 4 is 5.91 Å². The second-order valence-electron chi connectivity index (χ2n) is 5.45. The minimum atomic E-state index is -0.362. The van der Waals surface area contributed by atoms with Crippen molar-refractivity contribution in [1.29, 1.82) is 0 Å². The molecule has 1 rings (SSSR count). The molecule has 1 amide bonds. The molecular formula is C13H26N2O2. The lowest BCUT2D eigenvalue weighted by atomic mass is 9.84. The number of amides is 1. The second kappa shape index (κ2) is 6.36. The molecule has 2 unspecified atom stereocenters. The van der Waals surface area contributed by atoms with Gasteiger partial charge in [-0.3, -0.25) is 4.79 Å². The van der Waals surface area contributed by atoms with E-state index in [1.54, 1.807) is 0 Å². The Labute approximate surface area is 104 Å². The number of carbonyl (C=O) groups excluding carboxylic acids is 1. The zero-order valence-electron chi connectivity index (χ0n) is 11.3. The average molecular weight is 242 g/mol. The number of rotatable bonds is 6. The van der Waals surface area contributed by atoms with Crippen LogP contribution in [0.3, 0.4) is 0 Å². The first-order chi connectivity index (χ1) is 7.97. The molecule has 0 heterocycles. The highest BCUT2D eigenvalue weighted by atomic mass is 16.5. The Morgan fingerprint density at radius 3 is 2.82 bits per heavy atom. The Morgan fingerprint density at radius 1 is 1.59 bits per heavy atom. The van der Waals surface area contributed by atoms with Crippen molar-refractivity contribution in [2.24, 2.45) is 11.1 Å². The van der Waals surface area contributed by atoms with Gasteiger partial charge in [0.15, 0.2) is 0 Å². The molecule has 1 fully saturated rings. The summed E-state index contributed by atoms with van der Waals surface area (Å²) >= 11 is 0. The molecule has 0 aliphatic heterocycles. The number of nitrogens with one attached hydrogen (secondary N) is 1. The van der Waals surface area contributed by atoms with E-state index in [-0.39, 0.29) is 23.5 Å². The largest absolute Gasteiger partial charge is 0.379 e. The molecule has 0 aromatic rings. The predicted octanol–water partition coefficient (Wildman–Crippen LogP) is 1.44. The predicted molar refractivity (Wildman–Crippen MR) is 68.6 cm³/mol. The standard InChI is InChI=1S/C13H26N2O2/c1-10(2)17-9-5-8-15-12(16)13(3)7-4-6-11(13)14/h10-11H,4-9,14H2,1-3H3,(H,15,16). The zero-order valence-corrected chi connectivity index (χ0v) is 11.3. The van der Waals surface area contributed by atoms with Gasteiger partial charge in [-0.05, 0) is 40.0 Å². The SMILES string of the molecule is CC(C)OCCCNC(=O)C1(C)CCCC1N. The van der Waals surface area contributed by atoms with Gasteiger partial charge in [-0.2, -0.15) is 0 Å². The van der Waals surface area contributed by atoms with Gasteiger partial charge in [0.05, 0.1) is 11.5 Å². The van der Waals surface area contributed by atoms with Gasteiger partial charge >= 0.3 is 0 Å². The Kier molecular flexibility index (Phi) is 5.40. The van der Waals surface area contributed by atoms with Gasteiger partial charge in [-0.25, -0.2) is 0 Å². The van der Waals surface area contributed by atoms with E-state index in [1.807, 2.05) is 20.8 Å². The van der Waals surface area contributed by atoms with E-state index in [9.17, 15) is 4.79 Å². The van der Waals surface area contributed by atoms with Crippen LogP contribution in [0, 0.1) is 5.41 Å². The second-order valence-corrected chi connectivity index (χ2v) is 5.45. The molecule has 0 aromatic carbocycles. The van der Waals surface area contributed by atoms with E-state index in [0.717, 1.165) is 25.7 Å². The molecule has 2 atom stereocenters. The lowest BCUT2D eigenvalue weighted by Crippen LogP contribution is -2.47. The fraction of sp³-hybridized carbons (Fsp3) is 0.923. The first kappa shape index (κ1) is 14.5. The van der Waals surface area contributed by atoms with Gasteiger partial charge in [0.25, 0.3) is 0 Å². The van der Waals surface area contributed by atoms with Crippen molar-refractivity contribution in [3.8, 4) is 0 Å². The molecule has 4 nitrogen and oxygen atoms in total. The van der Waals surface area contributed by atoms with Gasteiger partial charge in [-0.15, -0.1) is 0 Å². The third kappa shape index (κ3) is 3.96.